The average Bonchev–Trinajstić information content (AvgIpc) is 2.79. The van der Waals surface area contributed by atoms with Gasteiger partial charge in [0, 0.05) is 0 Å². The van der Waals surface area contributed by atoms with Crippen molar-refractivity contribution in [3.63, 3.8) is 0 Å². The fourth-order valence-electron chi connectivity index (χ4n) is 3.51. The van der Waals surface area contributed by atoms with Crippen LogP contribution in [0.3, 0.4) is 0 Å². The smallest absolute Gasteiger partial charge is 0.000990 e. The second-order valence-corrected chi connectivity index (χ2v) is 6.49. The minimum absolute atomic E-state index is 0.490. The normalized spacial score (nSPS) is 29.2. The maximum absolute atomic E-state index is 3.52. The molecule has 0 aliphatic heterocycles. The monoisotopic (exact) mass is 245 g/mol. The molecule has 0 radical (unpaired) electrons. The van der Waals surface area contributed by atoms with Crippen molar-refractivity contribution in [3.05, 3.63) is 35.9 Å². The number of hydrogen-bond donors (Lipinski definition) is 1. The van der Waals surface area contributed by atoms with Gasteiger partial charge >= 0.3 is 0 Å². The molecule has 1 fully saturated rings. The first-order valence-electron chi connectivity index (χ1n) is 7.27. The van der Waals surface area contributed by atoms with Crippen molar-refractivity contribution in [2.45, 2.75) is 40.5 Å². The van der Waals surface area contributed by atoms with Crippen molar-refractivity contribution >= 4 is 0 Å². The second-order valence-electron chi connectivity index (χ2n) is 6.49. The zero-order valence-electron chi connectivity index (χ0n) is 12.3. The Labute approximate surface area is 112 Å². The summed E-state index contributed by atoms with van der Waals surface area (Å²) in [4.78, 5) is 0. The van der Waals surface area contributed by atoms with Crippen LogP contribution in [0.5, 0.6) is 0 Å². The van der Waals surface area contributed by atoms with E-state index in [9.17, 15) is 0 Å². The maximum atomic E-state index is 3.52. The van der Waals surface area contributed by atoms with Crippen molar-refractivity contribution in [2.24, 2.45) is 16.7 Å². The van der Waals surface area contributed by atoms with E-state index in [1.165, 1.54) is 24.9 Å². The minimum atomic E-state index is 0.490. The summed E-state index contributed by atoms with van der Waals surface area (Å²) in [6.07, 6.45) is 2.52. The molecular weight excluding hydrogens is 218 g/mol. The van der Waals surface area contributed by atoms with E-state index in [1.54, 1.807) is 0 Å². The standard InChI is InChI=1S/C17H27N/c1-5-18-13-15-16(2,3)17(15,4)12-11-14-9-7-6-8-10-14/h6-10,15,18H,5,11-13H2,1-4H3. The number of hydrogen-bond acceptors (Lipinski definition) is 1. The summed E-state index contributed by atoms with van der Waals surface area (Å²) in [5, 5.41) is 3.52. The highest BCUT2D eigenvalue weighted by molar-refractivity contribution is 5.19. The lowest BCUT2D eigenvalue weighted by Gasteiger charge is -2.14. The van der Waals surface area contributed by atoms with Crippen LogP contribution in [0.2, 0.25) is 0 Å². The number of aryl methyl sites for hydroxylation is 1. The first-order chi connectivity index (χ1) is 8.52. The summed E-state index contributed by atoms with van der Waals surface area (Å²) >= 11 is 0. The molecule has 1 saturated carbocycles. The van der Waals surface area contributed by atoms with E-state index < -0.39 is 0 Å². The van der Waals surface area contributed by atoms with Gasteiger partial charge < -0.3 is 5.32 Å². The molecular formula is C17H27N. The van der Waals surface area contributed by atoms with Crippen LogP contribution in [-0.4, -0.2) is 13.1 Å². The van der Waals surface area contributed by atoms with Gasteiger partial charge in [0.15, 0.2) is 0 Å². The van der Waals surface area contributed by atoms with E-state index in [1.807, 2.05) is 0 Å². The minimum Gasteiger partial charge on any atom is -0.317 e. The fraction of sp³-hybridized carbons (Fsp3) is 0.647. The Morgan fingerprint density at radius 2 is 1.78 bits per heavy atom. The number of benzene rings is 1. The Balaban J connectivity index is 1.92. The lowest BCUT2D eigenvalue weighted by atomic mass is 9.91. The SMILES string of the molecule is CCNCC1C(C)(C)C1(C)CCc1ccccc1. The van der Waals surface area contributed by atoms with Crippen LogP contribution >= 0.6 is 0 Å². The molecule has 0 spiro atoms. The van der Waals surface area contributed by atoms with Crippen molar-refractivity contribution in [3.8, 4) is 0 Å². The summed E-state index contributed by atoms with van der Waals surface area (Å²) in [5.74, 6) is 0.827. The molecule has 0 aromatic heterocycles. The topological polar surface area (TPSA) is 12.0 Å². The molecule has 2 atom stereocenters. The van der Waals surface area contributed by atoms with Crippen molar-refractivity contribution in [2.75, 3.05) is 13.1 Å². The number of rotatable bonds is 6. The largest absolute Gasteiger partial charge is 0.317 e. The first kappa shape index (κ1) is 13.6. The molecule has 100 valence electrons. The molecule has 2 unspecified atom stereocenters. The summed E-state index contributed by atoms with van der Waals surface area (Å²) in [6, 6.07) is 10.9. The van der Waals surface area contributed by atoms with Crippen LogP contribution in [0.15, 0.2) is 30.3 Å². The number of nitrogens with one attached hydrogen (secondary N) is 1. The zero-order valence-corrected chi connectivity index (χ0v) is 12.3. The quantitative estimate of drug-likeness (QED) is 0.801. The molecule has 1 heteroatoms. The Bertz CT molecular complexity index is 382. The summed E-state index contributed by atoms with van der Waals surface area (Å²) < 4.78 is 0. The van der Waals surface area contributed by atoms with Gasteiger partial charge in [0.2, 0.25) is 0 Å². The highest BCUT2D eigenvalue weighted by Crippen LogP contribution is 2.70. The van der Waals surface area contributed by atoms with Gasteiger partial charge in [-0.15, -0.1) is 0 Å². The van der Waals surface area contributed by atoms with Crippen LogP contribution in [0.25, 0.3) is 0 Å². The van der Waals surface area contributed by atoms with Gasteiger partial charge in [-0.2, -0.15) is 0 Å². The Morgan fingerprint density at radius 3 is 2.39 bits per heavy atom. The highest BCUT2D eigenvalue weighted by Gasteiger charge is 2.66. The third kappa shape index (κ3) is 2.33. The lowest BCUT2D eigenvalue weighted by Crippen LogP contribution is -2.18. The van der Waals surface area contributed by atoms with E-state index in [0.29, 0.717) is 10.8 Å². The van der Waals surface area contributed by atoms with Crippen molar-refractivity contribution in [1.82, 2.24) is 5.32 Å². The molecule has 0 heterocycles. The van der Waals surface area contributed by atoms with Crippen LogP contribution in [0.1, 0.15) is 39.7 Å². The van der Waals surface area contributed by atoms with E-state index in [2.05, 4.69) is 63.3 Å². The molecule has 1 aliphatic rings. The van der Waals surface area contributed by atoms with E-state index in [0.717, 1.165) is 12.5 Å². The molecule has 0 amide bonds. The molecule has 1 N–H and O–H groups in total. The van der Waals surface area contributed by atoms with E-state index in [4.69, 9.17) is 0 Å². The lowest BCUT2D eigenvalue weighted by molar-refractivity contribution is 0.387. The third-order valence-electron chi connectivity index (χ3n) is 5.40. The van der Waals surface area contributed by atoms with Gasteiger partial charge in [-0.3, -0.25) is 0 Å². The van der Waals surface area contributed by atoms with E-state index in [-0.39, 0.29) is 0 Å². The molecule has 2 rings (SSSR count). The van der Waals surface area contributed by atoms with Crippen LogP contribution in [0, 0.1) is 16.7 Å². The van der Waals surface area contributed by atoms with E-state index >= 15 is 0 Å². The van der Waals surface area contributed by atoms with Crippen molar-refractivity contribution < 1.29 is 0 Å². The Morgan fingerprint density at radius 1 is 1.11 bits per heavy atom. The van der Waals surface area contributed by atoms with Crippen LogP contribution in [-0.2, 0) is 6.42 Å². The van der Waals surface area contributed by atoms with Gasteiger partial charge in [0.1, 0.15) is 0 Å². The predicted molar refractivity (Wildman–Crippen MR) is 78.7 cm³/mol. The average molecular weight is 245 g/mol. The first-order valence-corrected chi connectivity index (χ1v) is 7.27. The predicted octanol–water partition coefficient (Wildman–Crippen LogP) is 3.89. The van der Waals surface area contributed by atoms with Crippen LogP contribution < -0.4 is 5.32 Å². The fourth-order valence-corrected chi connectivity index (χ4v) is 3.51. The Hall–Kier alpha value is -0.820. The van der Waals surface area contributed by atoms with Gasteiger partial charge in [0.05, 0.1) is 0 Å². The second kappa shape index (κ2) is 5.05. The zero-order chi connectivity index (χ0) is 13.2. The third-order valence-corrected chi connectivity index (χ3v) is 5.40. The summed E-state index contributed by atoms with van der Waals surface area (Å²) in [6.45, 7) is 11.8. The molecule has 18 heavy (non-hydrogen) atoms. The maximum Gasteiger partial charge on any atom is -0.000990 e. The van der Waals surface area contributed by atoms with Gasteiger partial charge in [-0.1, -0.05) is 58.0 Å². The molecule has 0 bridgehead atoms. The van der Waals surface area contributed by atoms with Crippen LogP contribution in [0.4, 0.5) is 0 Å². The summed E-state index contributed by atoms with van der Waals surface area (Å²) in [7, 11) is 0. The molecule has 0 saturated heterocycles. The van der Waals surface area contributed by atoms with Gasteiger partial charge in [0.25, 0.3) is 0 Å². The molecule has 1 aromatic rings. The molecule has 1 aliphatic carbocycles. The van der Waals surface area contributed by atoms with Crippen molar-refractivity contribution in [1.29, 1.82) is 0 Å². The van der Waals surface area contributed by atoms with Gasteiger partial charge in [-0.05, 0) is 48.2 Å². The highest BCUT2D eigenvalue weighted by atomic mass is 14.9. The molecule has 1 aromatic carbocycles. The summed E-state index contributed by atoms with van der Waals surface area (Å²) in [5.41, 5.74) is 2.47. The Kier molecular flexibility index (Phi) is 3.82. The van der Waals surface area contributed by atoms with Gasteiger partial charge in [-0.25, -0.2) is 0 Å². The molecule has 1 nitrogen and oxygen atoms in total.